The standard InChI is InChI=1S/C21H16BrN3O2S/c1-13-4-2-3-5-15(13)12-27-18-7-6-14(11-17(18)22)10-16-19(23)25-8-9-28-21(25)24-20(16)26/h2-11,23H,12H2,1H3/b16-10-,23-19?. The predicted molar refractivity (Wildman–Crippen MR) is 116 cm³/mol. The van der Waals surface area contributed by atoms with Crippen LogP contribution in [-0.2, 0) is 11.4 Å². The highest BCUT2D eigenvalue weighted by molar-refractivity contribution is 9.10. The van der Waals surface area contributed by atoms with Gasteiger partial charge in [-0.1, -0.05) is 42.1 Å². The van der Waals surface area contributed by atoms with E-state index in [2.05, 4.69) is 33.9 Å². The van der Waals surface area contributed by atoms with Crippen molar-refractivity contribution in [1.82, 2.24) is 4.90 Å². The van der Waals surface area contributed by atoms with Crippen molar-refractivity contribution in [3.63, 3.8) is 0 Å². The number of hydrogen-bond acceptors (Lipinski definition) is 4. The zero-order valence-electron chi connectivity index (χ0n) is 15.0. The Morgan fingerprint density at radius 3 is 2.89 bits per heavy atom. The number of aryl methyl sites for hydroxylation is 1. The minimum atomic E-state index is -0.400. The largest absolute Gasteiger partial charge is 0.488 e. The van der Waals surface area contributed by atoms with E-state index in [1.807, 2.05) is 36.4 Å². The van der Waals surface area contributed by atoms with Gasteiger partial charge in [0.15, 0.2) is 5.17 Å². The third-order valence-corrected chi connectivity index (χ3v) is 5.80. The van der Waals surface area contributed by atoms with E-state index in [4.69, 9.17) is 10.1 Å². The lowest BCUT2D eigenvalue weighted by molar-refractivity contribution is -0.114. The molecule has 2 aliphatic heterocycles. The van der Waals surface area contributed by atoms with Gasteiger partial charge < -0.3 is 4.74 Å². The molecule has 140 valence electrons. The molecule has 0 unspecified atom stereocenters. The van der Waals surface area contributed by atoms with E-state index in [0.717, 1.165) is 21.3 Å². The van der Waals surface area contributed by atoms with Crippen LogP contribution >= 0.6 is 27.7 Å². The molecule has 0 saturated carbocycles. The number of carbonyl (C=O) groups excluding carboxylic acids is 1. The second-order valence-electron chi connectivity index (χ2n) is 6.28. The van der Waals surface area contributed by atoms with Crippen LogP contribution in [0.3, 0.4) is 0 Å². The SMILES string of the molecule is Cc1ccccc1COc1ccc(/C=C2/C(=N)N3C=CSC3=NC2=O)cc1Br. The predicted octanol–water partition coefficient (Wildman–Crippen LogP) is 5.11. The number of amidine groups is 2. The lowest BCUT2D eigenvalue weighted by Gasteiger charge is -2.22. The van der Waals surface area contributed by atoms with Gasteiger partial charge >= 0.3 is 0 Å². The van der Waals surface area contributed by atoms with Gasteiger partial charge in [0.25, 0.3) is 5.91 Å². The molecule has 0 spiro atoms. The van der Waals surface area contributed by atoms with Gasteiger partial charge in [0.2, 0.25) is 0 Å². The first-order valence-electron chi connectivity index (χ1n) is 8.56. The Balaban J connectivity index is 1.54. The van der Waals surface area contributed by atoms with Crippen molar-refractivity contribution in [2.45, 2.75) is 13.5 Å². The number of hydrogen-bond donors (Lipinski definition) is 1. The Hall–Kier alpha value is -2.64. The van der Waals surface area contributed by atoms with Gasteiger partial charge in [-0.15, -0.1) is 0 Å². The number of benzene rings is 2. The molecule has 2 heterocycles. The monoisotopic (exact) mass is 453 g/mol. The third-order valence-electron chi connectivity index (χ3n) is 4.42. The number of nitrogens with zero attached hydrogens (tertiary/aromatic N) is 2. The summed E-state index contributed by atoms with van der Waals surface area (Å²) < 4.78 is 6.71. The van der Waals surface area contributed by atoms with E-state index in [9.17, 15) is 4.79 Å². The average Bonchev–Trinajstić information content (AvgIpc) is 3.14. The van der Waals surface area contributed by atoms with Gasteiger partial charge in [-0.2, -0.15) is 4.99 Å². The molecule has 0 aromatic heterocycles. The van der Waals surface area contributed by atoms with Gasteiger partial charge in [-0.25, -0.2) is 0 Å². The van der Waals surface area contributed by atoms with E-state index in [0.29, 0.717) is 11.8 Å². The summed E-state index contributed by atoms with van der Waals surface area (Å²) in [5, 5.41) is 10.6. The van der Waals surface area contributed by atoms with Crippen molar-refractivity contribution in [3.05, 3.63) is 80.8 Å². The quantitative estimate of drug-likeness (QED) is 0.652. The van der Waals surface area contributed by atoms with E-state index in [1.54, 1.807) is 22.6 Å². The fraction of sp³-hybridized carbons (Fsp3) is 0.0952. The number of rotatable bonds is 4. The summed E-state index contributed by atoms with van der Waals surface area (Å²) in [5.41, 5.74) is 3.37. The normalized spacial score (nSPS) is 17.1. The van der Waals surface area contributed by atoms with Crippen LogP contribution in [0.25, 0.3) is 6.08 Å². The van der Waals surface area contributed by atoms with Crippen LogP contribution in [0.4, 0.5) is 0 Å². The van der Waals surface area contributed by atoms with Crippen LogP contribution in [0.2, 0.25) is 0 Å². The molecule has 0 saturated heterocycles. The first-order valence-corrected chi connectivity index (χ1v) is 10.2. The molecular weight excluding hydrogens is 438 g/mol. The molecule has 2 aromatic rings. The summed E-state index contributed by atoms with van der Waals surface area (Å²) in [7, 11) is 0. The molecule has 5 nitrogen and oxygen atoms in total. The Labute approximate surface area is 175 Å². The molecular formula is C21H16BrN3O2S. The smallest absolute Gasteiger partial charge is 0.283 e. The van der Waals surface area contributed by atoms with Gasteiger partial charge in [0.05, 0.1) is 10.0 Å². The van der Waals surface area contributed by atoms with E-state index < -0.39 is 5.91 Å². The topological polar surface area (TPSA) is 65.8 Å². The zero-order chi connectivity index (χ0) is 19.7. The molecule has 0 atom stereocenters. The molecule has 2 aliphatic rings. The maximum Gasteiger partial charge on any atom is 0.283 e. The fourth-order valence-electron chi connectivity index (χ4n) is 2.85. The number of amides is 1. The zero-order valence-corrected chi connectivity index (χ0v) is 17.4. The van der Waals surface area contributed by atoms with Gasteiger partial charge in [0.1, 0.15) is 18.2 Å². The molecule has 4 rings (SSSR count). The highest BCUT2D eigenvalue weighted by atomic mass is 79.9. The average molecular weight is 454 g/mol. The second-order valence-corrected chi connectivity index (χ2v) is 8.01. The van der Waals surface area contributed by atoms with Crippen molar-refractivity contribution in [2.75, 3.05) is 0 Å². The molecule has 0 radical (unpaired) electrons. The fourth-order valence-corrected chi connectivity index (χ4v) is 4.07. The molecule has 0 fully saturated rings. The van der Waals surface area contributed by atoms with Crippen molar-refractivity contribution in [3.8, 4) is 5.75 Å². The first-order chi connectivity index (χ1) is 13.5. The Morgan fingerprint density at radius 1 is 1.29 bits per heavy atom. The molecule has 28 heavy (non-hydrogen) atoms. The van der Waals surface area contributed by atoms with E-state index in [-0.39, 0.29) is 11.4 Å². The van der Waals surface area contributed by atoms with Crippen molar-refractivity contribution in [1.29, 1.82) is 5.41 Å². The number of aliphatic imine (C=N–C) groups is 1. The molecule has 0 aliphatic carbocycles. The number of ether oxygens (including phenoxy) is 1. The van der Waals surface area contributed by atoms with E-state index in [1.165, 1.54) is 17.3 Å². The van der Waals surface area contributed by atoms with Crippen LogP contribution in [0, 0.1) is 12.3 Å². The number of fused-ring (bicyclic) bond motifs is 1. The maximum absolute atomic E-state index is 12.3. The van der Waals surface area contributed by atoms with Crippen molar-refractivity contribution in [2.24, 2.45) is 4.99 Å². The Morgan fingerprint density at radius 2 is 2.11 bits per heavy atom. The first kappa shape index (κ1) is 18.7. The molecule has 1 N–H and O–H groups in total. The highest BCUT2D eigenvalue weighted by Gasteiger charge is 2.30. The van der Waals surface area contributed by atoms with Crippen LogP contribution < -0.4 is 4.74 Å². The van der Waals surface area contributed by atoms with Gasteiger partial charge in [-0.3, -0.25) is 15.1 Å². The lowest BCUT2D eigenvalue weighted by atomic mass is 10.1. The molecule has 2 aromatic carbocycles. The number of halogens is 1. The van der Waals surface area contributed by atoms with Gasteiger partial charge in [0, 0.05) is 6.20 Å². The minimum absolute atomic E-state index is 0.132. The summed E-state index contributed by atoms with van der Waals surface area (Å²) in [4.78, 5) is 17.9. The molecule has 7 heteroatoms. The summed E-state index contributed by atoms with van der Waals surface area (Å²) >= 11 is 4.87. The Kier molecular flexibility index (Phi) is 5.19. The number of nitrogens with one attached hydrogen (secondary N) is 1. The molecule has 0 bridgehead atoms. The summed E-state index contributed by atoms with van der Waals surface area (Å²) in [6.07, 6.45) is 3.42. The van der Waals surface area contributed by atoms with Crippen LogP contribution in [-0.4, -0.2) is 21.8 Å². The van der Waals surface area contributed by atoms with Gasteiger partial charge in [-0.05, 0) is 63.2 Å². The number of carbonyl (C=O) groups is 1. The summed E-state index contributed by atoms with van der Waals surface area (Å²) in [6.45, 7) is 2.53. The van der Waals surface area contributed by atoms with E-state index >= 15 is 0 Å². The Bertz CT molecular complexity index is 1080. The van der Waals surface area contributed by atoms with Crippen LogP contribution in [0.5, 0.6) is 5.75 Å². The lowest BCUT2D eigenvalue weighted by Crippen LogP contribution is -2.35. The van der Waals surface area contributed by atoms with Crippen LogP contribution in [0.15, 0.2) is 69.1 Å². The van der Waals surface area contributed by atoms with Crippen LogP contribution in [0.1, 0.15) is 16.7 Å². The summed E-state index contributed by atoms with van der Waals surface area (Å²) in [6, 6.07) is 13.7. The summed E-state index contributed by atoms with van der Waals surface area (Å²) in [5.74, 6) is 0.449. The maximum atomic E-state index is 12.3. The minimum Gasteiger partial charge on any atom is -0.488 e. The van der Waals surface area contributed by atoms with Crippen molar-refractivity contribution >= 4 is 50.7 Å². The van der Waals surface area contributed by atoms with Crippen molar-refractivity contribution < 1.29 is 9.53 Å². The second kappa shape index (κ2) is 7.77. The highest BCUT2D eigenvalue weighted by Crippen LogP contribution is 2.30. The number of thioether (sulfide) groups is 1. The molecule has 1 amide bonds. The third kappa shape index (κ3) is 3.68.